The van der Waals surface area contributed by atoms with Gasteiger partial charge in [0.05, 0.1) is 0 Å². The molecule has 0 saturated heterocycles. The molecule has 86 valence electrons. The maximum atomic E-state index is 12.4. The van der Waals surface area contributed by atoms with Crippen LogP contribution >= 0.6 is 0 Å². The quantitative estimate of drug-likeness (QED) is 0.681. The third-order valence-corrected chi connectivity index (χ3v) is 5.00. The van der Waals surface area contributed by atoms with Crippen molar-refractivity contribution in [1.29, 1.82) is 0 Å². The van der Waals surface area contributed by atoms with E-state index >= 15 is 0 Å². The molecule has 0 radical (unpaired) electrons. The van der Waals surface area contributed by atoms with Crippen molar-refractivity contribution in [3.05, 3.63) is 35.4 Å². The summed E-state index contributed by atoms with van der Waals surface area (Å²) in [7, 11) is 0. The Labute approximate surface area is 100 Å². The SMILES string of the molecule is O=C1c2ccccc2C(=O)C2C3CCCC3C12. The molecule has 0 spiro atoms. The molecule has 2 fully saturated rings. The number of rotatable bonds is 0. The molecule has 0 amide bonds. The molecule has 4 atom stereocenters. The Morgan fingerprint density at radius 1 is 0.824 bits per heavy atom. The molecule has 17 heavy (non-hydrogen) atoms. The number of hydrogen-bond acceptors (Lipinski definition) is 2. The third-order valence-electron chi connectivity index (χ3n) is 5.00. The second-order valence-corrected chi connectivity index (χ2v) is 5.58. The van der Waals surface area contributed by atoms with Gasteiger partial charge >= 0.3 is 0 Å². The Morgan fingerprint density at radius 2 is 1.29 bits per heavy atom. The van der Waals surface area contributed by atoms with E-state index < -0.39 is 0 Å². The highest BCUT2D eigenvalue weighted by Gasteiger charge is 2.60. The van der Waals surface area contributed by atoms with Gasteiger partial charge in [0.2, 0.25) is 0 Å². The monoisotopic (exact) mass is 226 g/mol. The van der Waals surface area contributed by atoms with Crippen LogP contribution in [0.2, 0.25) is 0 Å². The van der Waals surface area contributed by atoms with Crippen molar-refractivity contribution >= 4 is 11.6 Å². The van der Waals surface area contributed by atoms with Crippen LogP contribution in [0.1, 0.15) is 40.0 Å². The van der Waals surface area contributed by atoms with Gasteiger partial charge in [0, 0.05) is 23.0 Å². The highest BCUT2D eigenvalue weighted by Crippen LogP contribution is 2.59. The summed E-state index contributed by atoms with van der Waals surface area (Å²) in [6.45, 7) is 0. The zero-order valence-electron chi connectivity index (χ0n) is 9.56. The fourth-order valence-electron chi connectivity index (χ4n) is 4.28. The third kappa shape index (κ3) is 1.02. The van der Waals surface area contributed by atoms with Crippen molar-refractivity contribution in [3.8, 4) is 0 Å². The zero-order valence-corrected chi connectivity index (χ0v) is 9.56. The molecule has 0 heterocycles. The predicted molar refractivity (Wildman–Crippen MR) is 62.9 cm³/mol. The van der Waals surface area contributed by atoms with Crippen molar-refractivity contribution in [3.63, 3.8) is 0 Å². The maximum absolute atomic E-state index is 12.4. The van der Waals surface area contributed by atoms with Gasteiger partial charge in [-0.2, -0.15) is 0 Å². The van der Waals surface area contributed by atoms with E-state index in [2.05, 4.69) is 0 Å². The fraction of sp³-hybridized carbons (Fsp3) is 0.467. The van der Waals surface area contributed by atoms with E-state index in [0.717, 1.165) is 12.8 Å². The van der Waals surface area contributed by atoms with Crippen molar-refractivity contribution < 1.29 is 9.59 Å². The Bertz CT molecular complexity index is 484. The van der Waals surface area contributed by atoms with Crippen LogP contribution in [0.3, 0.4) is 0 Å². The smallest absolute Gasteiger partial charge is 0.167 e. The topological polar surface area (TPSA) is 34.1 Å². The normalized spacial score (nSPS) is 38.1. The van der Waals surface area contributed by atoms with Gasteiger partial charge in [-0.15, -0.1) is 0 Å². The van der Waals surface area contributed by atoms with Gasteiger partial charge in [0.1, 0.15) is 0 Å². The molecule has 0 aromatic heterocycles. The number of ketones is 2. The molecule has 3 aliphatic rings. The van der Waals surface area contributed by atoms with Crippen LogP contribution in [-0.2, 0) is 0 Å². The van der Waals surface area contributed by atoms with Crippen LogP contribution in [-0.4, -0.2) is 11.6 Å². The van der Waals surface area contributed by atoms with Gasteiger partial charge in [-0.25, -0.2) is 0 Å². The van der Waals surface area contributed by atoms with Gasteiger partial charge in [0.25, 0.3) is 0 Å². The van der Waals surface area contributed by atoms with Gasteiger partial charge in [0.15, 0.2) is 11.6 Å². The van der Waals surface area contributed by atoms with E-state index in [1.54, 1.807) is 0 Å². The highest BCUT2D eigenvalue weighted by molar-refractivity contribution is 6.17. The summed E-state index contributed by atoms with van der Waals surface area (Å²) >= 11 is 0. The van der Waals surface area contributed by atoms with E-state index in [-0.39, 0.29) is 23.4 Å². The number of carbonyl (C=O) groups is 2. The summed E-state index contributed by atoms with van der Waals surface area (Å²) in [5.41, 5.74) is 1.34. The Morgan fingerprint density at radius 3 is 1.76 bits per heavy atom. The van der Waals surface area contributed by atoms with Crippen molar-refractivity contribution in [2.45, 2.75) is 19.3 Å². The van der Waals surface area contributed by atoms with Crippen molar-refractivity contribution in [2.75, 3.05) is 0 Å². The molecule has 0 aliphatic heterocycles. The van der Waals surface area contributed by atoms with Crippen LogP contribution in [0, 0.1) is 23.7 Å². The van der Waals surface area contributed by atoms with Crippen LogP contribution < -0.4 is 0 Å². The van der Waals surface area contributed by atoms with Crippen molar-refractivity contribution in [1.82, 2.24) is 0 Å². The van der Waals surface area contributed by atoms with Crippen LogP contribution in [0.4, 0.5) is 0 Å². The Kier molecular flexibility index (Phi) is 1.73. The fourth-order valence-corrected chi connectivity index (χ4v) is 4.28. The first-order valence-electron chi connectivity index (χ1n) is 6.46. The lowest BCUT2D eigenvalue weighted by atomic mass is 9.51. The van der Waals surface area contributed by atoms with E-state index in [4.69, 9.17) is 0 Å². The van der Waals surface area contributed by atoms with E-state index in [9.17, 15) is 9.59 Å². The number of fused-ring (bicyclic) bond motifs is 5. The summed E-state index contributed by atoms with van der Waals surface area (Å²) in [6.07, 6.45) is 3.49. The molecule has 0 bridgehead atoms. The number of benzene rings is 1. The van der Waals surface area contributed by atoms with Gasteiger partial charge in [-0.1, -0.05) is 30.7 Å². The van der Waals surface area contributed by atoms with Crippen LogP contribution in [0.15, 0.2) is 24.3 Å². The number of carbonyl (C=O) groups excluding carboxylic acids is 2. The first kappa shape index (κ1) is 9.58. The summed E-state index contributed by atoms with van der Waals surface area (Å²) in [4.78, 5) is 24.8. The summed E-state index contributed by atoms with van der Waals surface area (Å²) < 4.78 is 0. The minimum Gasteiger partial charge on any atom is -0.294 e. The molecular weight excluding hydrogens is 212 g/mol. The summed E-state index contributed by atoms with van der Waals surface area (Å²) in [6, 6.07) is 7.34. The zero-order chi connectivity index (χ0) is 11.6. The molecule has 1 aromatic rings. The Balaban J connectivity index is 1.86. The molecular formula is C15H14O2. The molecule has 4 unspecified atom stereocenters. The van der Waals surface area contributed by atoms with Gasteiger partial charge in [-0.3, -0.25) is 9.59 Å². The van der Waals surface area contributed by atoms with Crippen LogP contribution in [0.25, 0.3) is 0 Å². The summed E-state index contributed by atoms with van der Waals surface area (Å²) in [5, 5.41) is 0. The first-order valence-corrected chi connectivity index (χ1v) is 6.46. The van der Waals surface area contributed by atoms with Gasteiger partial charge in [-0.05, 0) is 24.7 Å². The van der Waals surface area contributed by atoms with Gasteiger partial charge < -0.3 is 0 Å². The standard InChI is InChI=1S/C15H14O2/c16-14-10-4-1-2-5-11(10)15(17)13-9-7-3-6-8(9)12(13)14/h1-2,4-5,8-9,12-13H,3,6-7H2. The lowest BCUT2D eigenvalue weighted by Crippen LogP contribution is -2.54. The second kappa shape index (κ2) is 3.06. The number of hydrogen-bond donors (Lipinski definition) is 0. The lowest BCUT2D eigenvalue weighted by molar-refractivity contribution is 0.00956. The largest absolute Gasteiger partial charge is 0.294 e. The van der Waals surface area contributed by atoms with Crippen LogP contribution in [0.5, 0.6) is 0 Å². The molecule has 2 saturated carbocycles. The lowest BCUT2D eigenvalue weighted by Gasteiger charge is -2.49. The maximum Gasteiger partial charge on any atom is 0.167 e. The summed E-state index contributed by atoms with van der Waals surface area (Å²) in [5.74, 6) is 1.51. The first-order chi connectivity index (χ1) is 8.29. The predicted octanol–water partition coefficient (Wildman–Crippen LogP) is 2.73. The molecule has 3 aliphatic carbocycles. The van der Waals surface area contributed by atoms with Crippen molar-refractivity contribution in [2.24, 2.45) is 23.7 Å². The highest BCUT2D eigenvalue weighted by atomic mass is 16.1. The average molecular weight is 226 g/mol. The second-order valence-electron chi connectivity index (χ2n) is 5.58. The average Bonchev–Trinajstić information content (AvgIpc) is 2.72. The molecule has 0 N–H and O–H groups in total. The molecule has 2 nitrogen and oxygen atoms in total. The molecule has 4 rings (SSSR count). The minimum atomic E-state index is 0.0184. The number of Topliss-reactive ketones (excluding diaryl/α,β-unsaturated/α-hetero) is 2. The Hall–Kier alpha value is -1.44. The van der Waals surface area contributed by atoms with E-state index in [1.165, 1.54) is 6.42 Å². The van der Waals surface area contributed by atoms with E-state index in [0.29, 0.717) is 23.0 Å². The van der Waals surface area contributed by atoms with E-state index in [1.807, 2.05) is 24.3 Å². The molecule has 1 aromatic carbocycles. The minimum absolute atomic E-state index is 0.0184. The molecule has 2 heteroatoms.